The molecule has 0 aromatic carbocycles. The van der Waals surface area contributed by atoms with Gasteiger partial charge in [0.2, 0.25) is 0 Å². The number of halogens is 1. The predicted molar refractivity (Wildman–Crippen MR) is 31.9 cm³/mol. The van der Waals surface area contributed by atoms with Crippen LogP contribution < -0.4 is 0 Å². The second-order valence-corrected chi connectivity index (χ2v) is 2.18. The summed E-state index contributed by atoms with van der Waals surface area (Å²) in [7, 11) is 0. The lowest BCUT2D eigenvalue weighted by atomic mass is 11.8. The van der Waals surface area contributed by atoms with Crippen molar-refractivity contribution in [3.63, 3.8) is 0 Å². The average Bonchev–Trinajstić information content (AvgIpc) is 1.37. The Hall–Kier alpha value is 0.830. The van der Waals surface area contributed by atoms with Crippen LogP contribution in [0.2, 0.25) is 0 Å². The molecule has 0 aromatic heterocycles. The molecule has 0 N–H and O–H groups in total. The molecule has 1 atom stereocenters. The van der Waals surface area contributed by atoms with Gasteiger partial charge in [-0.2, -0.15) is 0 Å². The van der Waals surface area contributed by atoms with E-state index in [1.165, 1.54) is 0 Å². The van der Waals surface area contributed by atoms with E-state index in [1.807, 2.05) is 0 Å². The van der Waals surface area contributed by atoms with Crippen LogP contribution in [0.1, 0.15) is 0 Å². The molecule has 0 spiro atoms. The molecule has 0 aliphatic rings. The summed E-state index contributed by atoms with van der Waals surface area (Å²) in [6.07, 6.45) is 0.624. The van der Waals surface area contributed by atoms with Crippen LogP contribution in [-0.2, 0) is 0 Å². The molecule has 0 bridgehead atoms. The monoisotopic (exact) mass is 187 g/mol. The van der Waals surface area contributed by atoms with E-state index in [0.29, 0.717) is 6.37 Å². The van der Waals surface area contributed by atoms with E-state index in [-0.39, 0.29) is 0 Å². The summed E-state index contributed by atoms with van der Waals surface area (Å²) in [6.45, 7) is 3.23. The van der Waals surface area contributed by atoms with E-state index < -0.39 is 0 Å². The molecule has 0 rings (SSSR count). The van der Waals surface area contributed by atoms with Gasteiger partial charge >= 0.3 is 0 Å². The molecule has 0 aromatic rings. The van der Waals surface area contributed by atoms with E-state index in [1.54, 1.807) is 0 Å². The fourth-order valence-corrected chi connectivity index (χ4v) is 0. The van der Waals surface area contributed by atoms with Crippen LogP contribution in [0.4, 0.5) is 0 Å². The van der Waals surface area contributed by atoms with Crippen LogP contribution in [0.15, 0.2) is 4.76 Å². The van der Waals surface area contributed by atoms with Gasteiger partial charge in [-0.15, -0.1) is 0 Å². The lowest BCUT2D eigenvalue weighted by Crippen LogP contribution is -1.10. The maximum Gasteiger partial charge on any atom is 0.0650 e. The molecule has 3 heteroatoms. The summed E-state index contributed by atoms with van der Waals surface area (Å²) in [5.74, 6) is 0. The minimum Gasteiger partial charge on any atom is -0.270 e. The Bertz CT molecular complexity index is 22.0. The van der Waals surface area contributed by atoms with Gasteiger partial charge in [0.1, 0.15) is 0 Å². The van der Waals surface area contributed by atoms with Crippen LogP contribution in [0.3, 0.4) is 0 Å². The second-order valence-electron chi connectivity index (χ2n) is 0.243. The van der Waals surface area contributed by atoms with Crippen LogP contribution in [0.25, 0.3) is 0 Å². The maximum atomic E-state index is 3.50. The van der Waals surface area contributed by atoms with E-state index >= 15 is 0 Å². The van der Waals surface area contributed by atoms with Crippen LogP contribution in [0.5, 0.6) is 0 Å². The minimum absolute atomic E-state index is 0.624. The number of hydrogen-bond donors (Lipinski definition) is 0. The third-order valence-electron chi connectivity index (χ3n) is 0.0598. The molecular weight excluding hydrogens is 184 g/mol. The summed E-state index contributed by atoms with van der Waals surface area (Å²) in [5, 5.41) is 0. The fraction of sp³-hybridized carbons (Fsp3) is 0. The Morgan fingerprint density at radius 1 is 2.00 bits per heavy atom. The lowest BCUT2D eigenvalue weighted by molar-refractivity contribution is 2.05. The summed E-state index contributed by atoms with van der Waals surface area (Å²) >= 11 is 2.15. The molecule has 0 aliphatic carbocycles. The first-order chi connectivity index (χ1) is 1.91. The molecule has 0 fully saturated rings. The van der Waals surface area contributed by atoms with Crippen molar-refractivity contribution in [3.05, 3.63) is 0 Å². The van der Waals surface area contributed by atoms with Gasteiger partial charge in [0, 0.05) is 0 Å². The van der Waals surface area contributed by atoms with Crippen LogP contribution >= 0.6 is 28.4 Å². The smallest absolute Gasteiger partial charge is 0.0650 e. The third kappa shape index (κ3) is 2.83. The van der Waals surface area contributed by atoms with Crippen molar-refractivity contribution in [1.29, 1.82) is 0 Å². The maximum absolute atomic E-state index is 3.50. The first kappa shape index (κ1) is 4.83. The average molecular weight is 187 g/mol. The van der Waals surface area contributed by atoms with E-state index in [2.05, 4.69) is 33.5 Å². The van der Waals surface area contributed by atoms with E-state index in [0.717, 1.165) is 0 Å². The Morgan fingerprint density at radius 3 is 2.25 bits per heavy atom. The van der Waals surface area contributed by atoms with Gasteiger partial charge in [-0.05, 0) is 28.8 Å². The van der Waals surface area contributed by atoms with Crippen LogP contribution in [0, 0.1) is 0 Å². The molecular formula is CH3INP. The number of hydrogen-bond acceptors (Lipinski definition) is 1. The third-order valence-corrected chi connectivity index (χ3v) is 1.20. The first-order valence-electron chi connectivity index (χ1n) is 0.729. The molecule has 1 unspecified atom stereocenters. The van der Waals surface area contributed by atoms with E-state index in [9.17, 15) is 0 Å². The van der Waals surface area contributed by atoms with Crippen molar-refractivity contribution >= 4 is 35.1 Å². The van der Waals surface area contributed by atoms with Crippen molar-refractivity contribution in [2.75, 3.05) is 0 Å². The summed E-state index contributed by atoms with van der Waals surface area (Å²) in [5.41, 5.74) is 0. The van der Waals surface area contributed by atoms with Crippen molar-refractivity contribution in [3.8, 4) is 0 Å². The quantitative estimate of drug-likeness (QED) is 0.336. The molecule has 0 aliphatic heterocycles. The van der Waals surface area contributed by atoms with Crippen molar-refractivity contribution in [1.82, 2.24) is 0 Å². The standard InChI is InChI=1S/CH3INP/c1-3-4-2/h4H,1H2. The first-order valence-corrected chi connectivity index (χ1v) is 4.79. The molecule has 1 nitrogen and oxygen atoms in total. The number of rotatable bonds is 1. The zero-order valence-electron chi connectivity index (χ0n) is 2.03. The van der Waals surface area contributed by atoms with Gasteiger partial charge in [0.05, 0.1) is 6.37 Å². The Labute approximate surface area is 40.2 Å². The molecule has 0 amide bonds. The van der Waals surface area contributed by atoms with Gasteiger partial charge in [-0.1, -0.05) is 0 Å². The number of nitrogens with zero attached hydrogens (tertiary/aromatic N) is 1. The molecule has 0 saturated carbocycles. The van der Waals surface area contributed by atoms with Gasteiger partial charge in [0.25, 0.3) is 0 Å². The SMILES string of the molecule is C=NPI. The van der Waals surface area contributed by atoms with Gasteiger partial charge in [-0.3, -0.25) is 4.76 Å². The zero-order valence-corrected chi connectivity index (χ0v) is 5.19. The van der Waals surface area contributed by atoms with Crippen molar-refractivity contribution in [2.45, 2.75) is 0 Å². The highest BCUT2D eigenvalue weighted by atomic mass is 127. The second kappa shape index (κ2) is 3.83. The Balaban J connectivity index is 2.30. The van der Waals surface area contributed by atoms with Crippen molar-refractivity contribution in [2.24, 2.45) is 4.76 Å². The fourth-order valence-electron chi connectivity index (χ4n) is 0. The highest BCUT2D eigenvalue weighted by molar-refractivity contribution is 14.2. The summed E-state index contributed by atoms with van der Waals surface area (Å²) in [6, 6.07) is 0. The highest BCUT2D eigenvalue weighted by Crippen LogP contribution is 2.19. The van der Waals surface area contributed by atoms with Gasteiger partial charge < -0.3 is 0 Å². The predicted octanol–water partition coefficient (Wildman–Crippen LogP) is 1.63. The summed E-state index contributed by atoms with van der Waals surface area (Å²) < 4.78 is 3.50. The van der Waals surface area contributed by atoms with Gasteiger partial charge in [-0.25, -0.2) is 0 Å². The molecule has 4 heavy (non-hydrogen) atoms. The van der Waals surface area contributed by atoms with Crippen LogP contribution in [-0.4, -0.2) is 6.72 Å². The molecule has 0 saturated heterocycles. The van der Waals surface area contributed by atoms with Gasteiger partial charge in [0.15, 0.2) is 0 Å². The highest BCUT2D eigenvalue weighted by Gasteiger charge is 1.46. The Kier molecular flexibility index (Phi) is 4.62. The summed E-state index contributed by atoms with van der Waals surface area (Å²) in [4.78, 5) is 0. The zero-order chi connectivity index (χ0) is 3.41. The minimum atomic E-state index is 0.624. The topological polar surface area (TPSA) is 12.4 Å². The van der Waals surface area contributed by atoms with E-state index in [4.69, 9.17) is 0 Å². The van der Waals surface area contributed by atoms with Crippen molar-refractivity contribution < 1.29 is 0 Å². The lowest BCUT2D eigenvalue weighted by Gasteiger charge is -1.58. The normalized spacial score (nSPS) is 9.25. The molecule has 0 heterocycles. The largest absolute Gasteiger partial charge is 0.270 e. The molecule has 0 radical (unpaired) electrons. The molecule has 24 valence electrons. The Morgan fingerprint density at radius 2 is 2.25 bits per heavy atom.